The van der Waals surface area contributed by atoms with E-state index in [0.29, 0.717) is 12.1 Å². The molecule has 112 valence electrons. The summed E-state index contributed by atoms with van der Waals surface area (Å²) in [5, 5.41) is 14.8. The number of Topliss-reactive ketones (excluding diaryl/α,β-unsaturated/α-hetero) is 1. The Hall–Kier alpha value is -1.17. The van der Waals surface area contributed by atoms with Crippen LogP contribution in [0.2, 0.25) is 10.0 Å². The smallest absolute Gasteiger partial charge is 0.295 e. The highest BCUT2D eigenvalue weighted by Crippen LogP contribution is 2.40. The fourth-order valence-electron chi connectivity index (χ4n) is 1.18. The van der Waals surface area contributed by atoms with Crippen LogP contribution in [-0.2, 0) is 11.0 Å². The van der Waals surface area contributed by atoms with Crippen molar-refractivity contribution in [3.05, 3.63) is 27.7 Å². The van der Waals surface area contributed by atoms with Crippen LogP contribution in [0.3, 0.4) is 0 Å². The van der Waals surface area contributed by atoms with Crippen molar-refractivity contribution in [1.82, 2.24) is 0 Å². The van der Waals surface area contributed by atoms with Gasteiger partial charge >= 0.3 is 6.18 Å². The summed E-state index contributed by atoms with van der Waals surface area (Å²) in [7, 11) is 0. The lowest BCUT2D eigenvalue weighted by Gasteiger charge is -2.09. The highest BCUT2D eigenvalue weighted by atomic mass is 79.9. The van der Waals surface area contributed by atoms with E-state index in [4.69, 9.17) is 28.5 Å². The second-order valence-electron chi connectivity index (χ2n) is 3.63. The van der Waals surface area contributed by atoms with Crippen LogP contribution in [0, 0.1) is 11.3 Å². The number of carbonyl (C=O) groups excluding carboxylic acids is 1. The van der Waals surface area contributed by atoms with Gasteiger partial charge in [-0.3, -0.25) is 4.79 Å². The number of carbonyl (C=O) groups is 1. The molecule has 0 aliphatic heterocycles. The Morgan fingerprint density at radius 1 is 1.38 bits per heavy atom. The Bertz CT molecular complexity index is 605. The zero-order valence-electron chi connectivity index (χ0n) is 9.96. The number of rotatable bonds is 4. The van der Waals surface area contributed by atoms with Crippen molar-refractivity contribution in [2.45, 2.75) is 12.2 Å². The number of alkyl halides is 4. The van der Waals surface area contributed by atoms with Gasteiger partial charge in [0.25, 0.3) is 0 Å². The van der Waals surface area contributed by atoms with E-state index < -0.39 is 23.6 Å². The third-order valence-electron chi connectivity index (χ3n) is 2.18. The Labute approximate surface area is 135 Å². The first-order valence-corrected chi connectivity index (χ1v) is 7.03. The molecule has 0 N–H and O–H groups in total. The van der Waals surface area contributed by atoms with Gasteiger partial charge in [-0.2, -0.15) is 28.7 Å². The molecule has 0 spiro atoms. The van der Waals surface area contributed by atoms with Crippen molar-refractivity contribution in [2.75, 3.05) is 5.33 Å². The molecule has 4 nitrogen and oxygen atoms in total. The van der Waals surface area contributed by atoms with Crippen molar-refractivity contribution in [3.63, 3.8) is 0 Å². The quantitative estimate of drug-likeness (QED) is 0.528. The number of benzene rings is 1. The predicted octanol–water partition coefficient (Wildman–Crippen LogP) is 4.95. The average molecular weight is 403 g/mol. The molecule has 21 heavy (non-hydrogen) atoms. The maximum absolute atomic E-state index is 12.5. The first kappa shape index (κ1) is 17.9. The van der Waals surface area contributed by atoms with Gasteiger partial charge < -0.3 is 0 Å². The van der Waals surface area contributed by atoms with Crippen LogP contribution >= 0.6 is 39.1 Å². The van der Waals surface area contributed by atoms with Crippen molar-refractivity contribution in [2.24, 2.45) is 10.2 Å². The van der Waals surface area contributed by atoms with Gasteiger partial charge in [0.2, 0.25) is 6.04 Å². The standard InChI is InChI=1S/C11H5BrCl2F3N3O/c12-3-9(21)8(4-18)19-20-10-6(13)1-5(2-7(10)14)11(15,16)17/h1-2,8H,3H2. The summed E-state index contributed by atoms with van der Waals surface area (Å²) in [4.78, 5) is 11.3. The SMILES string of the molecule is N#CC(N=Nc1c(Cl)cc(C(F)(F)F)cc1Cl)C(=O)CBr. The molecule has 0 aliphatic rings. The summed E-state index contributed by atoms with van der Waals surface area (Å²) in [5.74, 6) is -0.555. The lowest BCUT2D eigenvalue weighted by molar-refractivity contribution is -0.137. The molecule has 0 amide bonds. The summed E-state index contributed by atoms with van der Waals surface area (Å²) in [6.07, 6.45) is -4.61. The summed E-state index contributed by atoms with van der Waals surface area (Å²) < 4.78 is 37.6. The molecule has 1 aromatic rings. The van der Waals surface area contributed by atoms with Gasteiger partial charge in [-0.05, 0) is 12.1 Å². The molecule has 1 aromatic carbocycles. The Kier molecular flexibility index (Phi) is 6.13. The number of hydrogen-bond acceptors (Lipinski definition) is 4. The van der Waals surface area contributed by atoms with Crippen LogP contribution < -0.4 is 0 Å². The van der Waals surface area contributed by atoms with Crippen LogP contribution in [0.25, 0.3) is 0 Å². The lowest BCUT2D eigenvalue weighted by atomic mass is 10.2. The van der Waals surface area contributed by atoms with Gasteiger partial charge in [0.15, 0.2) is 5.78 Å². The molecule has 0 aromatic heterocycles. The Balaban J connectivity index is 3.16. The molecule has 0 fully saturated rings. The number of ketones is 1. The van der Waals surface area contributed by atoms with E-state index in [2.05, 4.69) is 26.2 Å². The van der Waals surface area contributed by atoms with E-state index in [1.165, 1.54) is 0 Å². The third-order valence-corrected chi connectivity index (χ3v) is 3.31. The third kappa shape index (κ3) is 4.66. The van der Waals surface area contributed by atoms with E-state index in [-0.39, 0.29) is 21.1 Å². The van der Waals surface area contributed by atoms with Crippen molar-refractivity contribution in [1.29, 1.82) is 5.26 Å². The minimum absolute atomic E-state index is 0.112. The molecule has 1 unspecified atom stereocenters. The highest BCUT2D eigenvalue weighted by molar-refractivity contribution is 9.09. The summed E-state index contributed by atoms with van der Waals surface area (Å²) in [6.45, 7) is 0. The molecule has 1 rings (SSSR count). The van der Waals surface area contributed by atoms with E-state index >= 15 is 0 Å². The molecule has 0 saturated heterocycles. The van der Waals surface area contributed by atoms with Gasteiger partial charge in [-0.25, -0.2) is 0 Å². The zero-order valence-corrected chi connectivity index (χ0v) is 13.1. The van der Waals surface area contributed by atoms with E-state index in [0.717, 1.165) is 0 Å². The lowest BCUT2D eigenvalue weighted by Crippen LogP contribution is -2.16. The van der Waals surface area contributed by atoms with Crippen LogP contribution in [0.5, 0.6) is 0 Å². The largest absolute Gasteiger partial charge is 0.416 e. The fraction of sp³-hybridized carbons (Fsp3) is 0.273. The number of nitriles is 1. The number of halogens is 6. The Morgan fingerprint density at radius 3 is 2.29 bits per heavy atom. The van der Waals surface area contributed by atoms with Crippen LogP contribution in [-0.4, -0.2) is 17.2 Å². The van der Waals surface area contributed by atoms with E-state index in [1.54, 1.807) is 6.07 Å². The molecule has 0 aliphatic carbocycles. The normalized spacial score (nSPS) is 13.2. The number of azo groups is 1. The fourth-order valence-corrected chi connectivity index (χ4v) is 2.04. The highest BCUT2D eigenvalue weighted by Gasteiger charge is 2.32. The molecular formula is C11H5BrCl2F3N3O. The molecular weight excluding hydrogens is 398 g/mol. The average Bonchev–Trinajstić information content (AvgIpc) is 2.40. The van der Waals surface area contributed by atoms with Gasteiger partial charge in [0.1, 0.15) is 5.69 Å². The Morgan fingerprint density at radius 2 is 1.90 bits per heavy atom. The summed E-state index contributed by atoms with van der Waals surface area (Å²) in [6, 6.07) is 1.47. The maximum Gasteiger partial charge on any atom is 0.416 e. The minimum Gasteiger partial charge on any atom is -0.295 e. The summed E-state index contributed by atoms with van der Waals surface area (Å²) in [5.41, 5.74) is -1.28. The molecule has 0 bridgehead atoms. The molecule has 10 heteroatoms. The van der Waals surface area contributed by atoms with Crippen LogP contribution in [0.4, 0.5) is 18.9 Å². The molecule has 1 atom stereocenters. The van der Waals surface area contributed by atoms with Crippen molar-refractivity contribution >= 4 is 50.6 Å². The second-order valence-corrected chi connectivity index (χ2v) is 5.01. The van der Waals surface area contributed by atoms with E-state index in [1.807, 2.05) is 0 Å². The first-order chi connectivity index (χ1) is 9.70. The van der Waals surface area contributed by atoms with Crippen LogP contribution in [0.1, 0.15) is 5.56 Å². The second kappa shape index (κ2) is 7.20. The van der Waals surface area contributed by atoms with E-state index in [9.17, 15) is 18.0 Å². The monoisotopic (exact) mass is 401 g/mol. The van der Waals surface area contributed by atoms with Gasteiger partial charge in [-0.15, -0.1) is 0 Å². The number of nitrogens with zero attached hydrogens (tertiary/aromatic N) is 3. The maximum atomic E-state index is 12.5. The van der Waals surface area contributed by atoms with Crippen LogP contribution in [0.15, 0.2) is 22.4 Å². The topological polar surface area (TPSA) is 65.6 Å². The first-order valence-electron chi connectivity index (χ1n) is 5.16. The number of hydrogen-bond donors (Lipinski definition) is 0. The van der Waals surface area contributed by atoms with Gasteiger partial charge in [-0.1, -0.05) is 39.1 Å². The zero-order chi connectivity index (χ0) is 16.2. The van der Waals surface area contributed by atoms with Gasteiger partial charge in [0.05, 0.1) is 27.0 Å². The van der Waals surface area contributed by atoms with Gasteiger partial charge in [0, 0.05) is 0 Å². The van der Waals surface area contributed by atoms with Crippen molar-refractivity contribution in [3.8, 4) is 6.07 Å². The van der Waals surface area contributed by atoms with Crippen molar-refractivity contribution < 1.29 is 18.0 Å². The molecule has 0 saturated carbocycles. The molecule has 0 radical (unpaired) electrons. The molecule has 0 heterocycles. The minimum atomic E-state index is -4.61. The summed E-state index contributed by atoms with van der Waals surface area (Å²) >= 11 is 14.2. The predicted molar refractivity (Wildman–Crippen MR) is 74.2 cm³/mol.